The number of nitrogens with zero attached hydrogens (tertiary/aromatic N) is 4. The van der Waals surface area contributed by atoms with Crippen molar-refractivity contribution in [3.8, 4) is 0 Å². The summed E-state index contributed by atoms with van der Waals surface area (Å²) in [6, 6.07) is 1.85. The van der Waals surface area contributed by atoms with Crippen LogP contribution in [0.25, 0.3) is 15.2 Å². The molecule has 0 fully saturated rings. The molecule has 0 saturated heterocycles. The third kappa shape index (κ3) is 2.70. The van der Waals surface area contributed by atoms with Gasteiger partial charge in [-0.25, -0.2) is 13.4 Å². The molecule has 0 unspecified atom stereocenters. The molecule has 0 saturated carbocycles. The van der Waals surface area contributed by atoms with Gasteiger partial charge in [0.1, 0.15) is 4.83 Å². The Morgan fingerprint density at radius 3 is 2.84 bits per heavy atom. The summed E-state index contributed by atoms with van der Waals surface area (Å²) in [6.07, 6.45) is 3.39. The zero-order valence-electron chi connectivity index (χ0n) is 13.5. The second-order valence-electron chi connectivity index (χ2n) is 5.90. The van der Waals surface area contributed by atoms with Crippen LogP contribution in [-0.2, 0) is 16.4 Å². The summed E-state index contributed by atoms with van der Waals surface area (Å²) < 4.78 is 30.2. The van der Waals surface area contributed by atoms with E-state index >= 15 is 0 Å². The quantitative estimate of drug-likeness (QED) is 0.501. The van der Waals surface area contributed by atoms with Gasteiger partial charge in [0.15, 0.2) is 15.1 Å². The smallest absolute Gasteiger partial charge is 0.227 e. The highest BCUT2D eigenvalue weighted by Gasteiger charge is 2.30. The molecule has 4 aromatic heterocycles. The van der Waals surface area contributed by atoms with Crippen molar-refractivity contribution < 1.29 is 8.42 Å². The Morgan fingerprint density at radius 1 is 1.28 bits per heavy atom. The maximum Gasteiger partial charge on any atom is 0.227 e. The molecule has 4 heterocycles. The number of thiophene rings is 1. The van der Waals surface area contributed by atoms with Crippen LogP contribution in [0.5, 0.6) is 0 Å². The van der Waals surface area contributed by atoms with Crippen LogP contribution in [0.4, 0.5) is 0 Å². The minimum Gasteiger partial charge on any atom is -0.337 e. The van der Waals surface area contributed by atoms with Gasteiger partial charge in [0, 0.05) is 36.2 Å². The van der Waals surface area contributed by atoms with E-state index < -0.39 is 9.84 Å². The third-order valence-electron chi connectivity index (χ3n) is 3.95. The summed E-state index contributed by atoms with van der Waals surface area (Å²) in [5.41, 5.74) is 0. The number of halogens is 1. The number of hydrogen-bond acceptors (Lipinski definition) is 6. The molecular formula is C15H15ClN4O2S3. The third-order valence-corrected chi connectivity index (χ3v) is 7.84. The van der Waals surface area contributed by atoms with E-state index in [9.17, 15) is 8.42 Å². The molecule has 6 nitrogen and oxygen atoms in total. The van der Waals surface area contributed by atoms with E-state index in [0.717, 1.165) is 16.8 Å². The molecule has 0 aliphatic carbocycles. The molecular weight excluding hydrogens is 400 g/mol. The van der Waals surface area contributed by atoms with Crippen LogP contribution in [0.3, 0.4) is 0 Å². The van der Waals surface area contributed by atoms with Crippen LogP contribution >= 0.6 is 34.3 Å². The minimum atomic E-state index is -3.79. The second-order valence-corrected chi connectivity index (χ2v) is 9.86. The van der Waals surface area contributed by atoms with E-state index in [1.807, 2.05) is 30.1 Å². The maximum absolute atomic E-state index is 13.3. The van der Waals surface area contributed by atoms with E-state index in [4.69, 9.17) is 11.6 Å². The van der Waals surface area contributed by atoms with Crippen molar-refractivity contribution in [1.29, 1.82) is 0 Å². The molecule has 0 N–H and O–H groups in total. The highest BCUT2D eigenvalue weighted by Crippen LogP contribution is 2.36. The van der Waals surface area contributed by atoms with Crippen molar-refractivity contribution in [3.63, 3.8) is 0 Å². The zero-order valence-corrected chi connectivity index (χ0v) is 16.7. The first-order chi connectivity index (χ1) is 11.9. The summed E-state index contributed by atoms with van der Waals surface area (Å²) >= 11 is 9.05. The number of sulfone groups is 1. The minimum absolute atomic E-state index is 0.0104. The number of rotatable bonds is 5. The Kier molecular flexibility index (Phi) is 4.16. The molecule has 25 heavy (non-hydrogen) atoms. The highest BCUT2D eigenvalue weighted by molar-refractivity contribution is 7.91. The fraction of sp³-hybridized carbons (Fsp3) is 0.267. The van der Waals surface area contributed by atoms with E-state index in [-0.39, 0.29) is 15.1 Å². The van der Waals surface area contributed by atoms with Crippen LogP contribution in [0.15, 0.2) is 39.1 Å². The van der Waals surface area contributed by atoms with Gasteiger partial charge in [0.2, 0.25) is 9.84 Å². The van der Waals surface area contributed by atoms with Gasteiger partial charge in [-0.2, -0.15) is 0 Å². The Bertz CT molecular complexity index is 1170. The first-order valence-electron chi connectivity index (χ1n) is 7.47. The van der Waals surface area contributed by atoms with Crippen molar-refractivity contribution in [2.45, 2.75) is 16.5 Å². The lowest BCUT2D eigenvalue weighted by atomic mass is 10.4. The van der Waals surface area contributed by atoms with Gasteiger partial charge < -0.3 is 9.47 Å². The van der Waals surface area contributed by atoms with Crippen molar-refractivity contribution in [1.82, 2.24) is 18.9 Å². The largest absolute Gasteiger partial charge is 0.337 e. The number of hydrogen-bond donors (Lipinski definition) is 0. The Hall–Kier alpha value is -1.39. The average Bonchev–Trinajstić information content (AvgIpc) is 3.23. The second kappa shape index (κ2) is 6.10. The molecule has 0 aliphatic heterocycles. The van der Waals surface area contributed by atoms with Crippen LogP contribution in [0.2, 0.25) is 5.15 Å². The maximum atomic E-state index is 13.3. The predicted octanol–water partition coefficient (Wildman–Crippen LogP) is 3.46. The van der Waals surface area contributed by atoms with Gasteiger partial charge >= 0.3 is 0 Å². The molecule has 0 atom stereocenters. The number of imidazole rings is 1. The number of thiazole rings is 1. The lowest BCUT2D eigenvalue weighted by Gasteiger charge is -2.10. The predicted molar refractivity (Wildman–Crippen MR) is 102 cm³/mol. The van der Waals surface area contributed by atoms with E-state index in [2.05, 4.69) is 9.88 Å². The molecule has 4 rings (SSSR count). The van der Waals surface area contributed by atoms with Gasteiger partial charge in [-0.05, 0) is 25.5 Å². The molecule has 0 aliphatic rings. The Balaban J connectivity index is 1.90. The van der Waals surface area contributed by atoms with Gasteiger partial charge in [-0.1, -0.05) is 11.6 Å². The van der Waals surface area contributed by atoms with E-state index in [1.165, 1.54) is 27.1 Å². The van der Waals surface area contributed by atoms with Crippen LogP contribution in [0.1, 0.15) is 0 Å². The molecule has 4 aromatic rings. The van der Waals surface area contributed by atoms with Crippen molar-refractivity contribution in [2.75, 3.05) is 20.6 Å². The van der Waals surface area contributed by atoms with Crippen LogP contribution in [-0.4, -0.2) is 47.9 Å². The normalized spacial score (nSPS) is 12.8. The van der Waals surface area contributed by atoms with Crippen LogP contribution in [0, 0.1) is 0 Å². The lowest BCUT2D eigenvalue weighted by molar-refractivity contribution is 0.387. The summed E-state index contributed by atoms with van der Waals surface area (Å²) in [5.74, 6) is 0. The first kappa shape index (κ1) is 17.0. The summed E-state index contributed by atoms with van der Waals surface area (Å²) in [4.78, 5) is 8.01. The standard InChI is InChI=1S/C15H15ClN4O2S3/c1-18(2)4-5-19-9-11(10-3-7-23-13(10)19)25(21,22)14-12(16)17-15-20(14)6-8-24-15/h3,6-9H,4-5H2,1-2H3. The zero-order chi connectivity index (χ0) is 17.8. The molecule has 132 valence electrons. The Labute approximate surface area is 157 Å². The fourth-order valence-electron chi connectivity index (χ4n) is 2.75. The number of likely N-dealkylation sites (N-methyl/N-ethyl adjacent to an activating group) is 1. The summed E-state index contributed by atoms with van der Waals surface area (Å²) in [5, 5.41) is 4.47. The van der Waals surface area contributed by atoms with Crippen LogP contribution < -0.4 is 0 Å². The average molecular weight is 415 g/mol. The first-order valence-corrected chi connectivity index (χ1v) is 11.1. The van der Waals surface area contributed by atoms with Crippen molar-refractivity contribution in [3.05, 3.63) is 34.4 Å². The SMILES string of the molecule is CN(C)CCn1cc(S(=O)(=O)c2c(Cl)nc3sccn23)c2ccsc21. The van der Waals surface area contributed by atoms with Gasteiger partial charge in [-0.15, -0.1) is 22.7 Å². The molecule has 0 radical (unpaired) electrons. The topological polar surface area (TPSA) is 59.6 Å². The number of aromatic nitrogens is 3. The molecule has 0 bridgehead atoms. The fourth-order valence-corrected chi connectivity index (χ4v) is 6.63. The highest BCUT2D eigenvalue weighted by atomic mass is 35.5. The van der Waals surface area contributed by atoms with Gasteiger partial charge in [0.25, 0.3) is 0 Å². The summed E-state index contributed by atoms with van der Waals surface area (Å²) in [7, 11) is 0.195. The molecule has 0 aromatic carbocycles. The van der Waals surface area contributed by atoms with E-state index in [0.29, 0.717) is 11.5 Å². The monoisotopic (exact) mass is 414 g/mol. The molecule has 0 amide bonds. The van der Waals surface area contributed by atoms with Gasteiger partial charge in [0.05, 0.1) is 4.90 Å². The summed E-state index contributed by atoms with van der Waals surface area (Å²) in [6.45, 7) is 1.54. The van der Waals surface area contributed by atoms with Crippen molar-refractivity contribution in [2.24, 2.45) is 0 Å². The van der Waals surface area contributed by atoms with E-state index in [1.54, 1.807) is 17.8 Å². The lowest BCUT2D eigenvalue weighted by Crippen LogP contribution is -2.17. The molecule has 0 spiro atoms. The number of fused-ring (bicyclic) bond motifs is 2. The van der Waals surface area contributed by atoms with Crippen molar-refractivity contribution >= 4 is 59.3 Å². The van der Waals surface area contributed by atoms with Gasteiger partial charge in [-0.3, -0.25) is 4.40 Å². The Morgan fingerprint density at radius 2 is 2.08 bits per heavy atom. The molecule has 10 heteroatoms.